The Morgan fingerprint density at radius 1 is 1.19 bits per heavy atom. The number of halogens is 2. The van der Waals surface area contributed by atoms with E-state index < -0.39 is 38.1 Å². The maximum atomic E-state index is 14.0. The van der Waals surface area contributed by atoms with Crippen LogP contribution in [0.25, 0.3) is 0 Å². The molecule has 0 atom stereocenters. The van der Waals surface area contributed by atoms with Crippen LogP contribution in [0, 0.1) is 11.6 Å². The normalized spacial score (nSPS) is 11.9. The molecule has 0 amide bonds. The molecule has 0 unspecified atom stereocenters. The Morgan fingerprint density at radius 3 is 2.33 bits per heavy atom. The highest BCUT2D eigenvalue weighted by Crippen LogP contribution is 2.31. The first-order valence-electron chi connectivity index (χ1n) is 7.66. The van der Waals surface area contributed by atoms with Gasteiger partial charge in [0, 0.05) is 12.3 Å². The van der Waals surface area contributed by atoms with Gasteiger partial charge < -0.3 is 9.84 Å². The van der Waals surface area contributed by atoms with Crippen molar-refractivity contribution >= 4 is 21.7 Å². The lowest BCUT2D eigenvalue weighted by atomic mass is 9.88. The van der Waals surface area contributed by atoms with Gasteiger partial charge in [0.15, 0.2) is 0 Å². The van der Waals surface area contributed by atoms with Crippen molar-refractivity contribution in [3.8, 4) is 5.88 Å². The number of hydrogen-bond acceptors (Lipinski definition) is 5. The minimum absolute atomic E-state index is 0.0625. The maximum absolute atomic E-state index is 14.0. The van der Waals surface area contributed by atoms with Crippen LogP contribution < -0.4 is 9.46 Å². The predicted octanol–water partition coefficient (Wildman–Crippen LogP) is 3.16. The second-order valence-corrected chi connectivity index (χ2v) is 8.35. The van der Waals surface area contributed by atoms with Crippen molar-refractivity contribution in [2.24, 2.45) is 0 Å². The number of carbonyl (C=O) groups is 1. The Kier molecular flexibility index (Phi) is 5.41. The fourth-order valence-corrected chi connectivity index (χ4v) is 3.33. The molecule has 0 aliphatic rings. The average molecular weight is 400 g/mol. The summed E-state index contributed by atoms with van der Waals surface area (Å²) >= 11 is 0. The summed E-state index contributed by atoms with van der Waals surface area (Å²) in [5.74, 6) is -4.60. The summed E-state index contributed by atoms with van der Waals surface area (Å²) in [6.07, 6.45) is 1.51. The molecule has 0 aliphatic carbocycles. The largest absolute Gasteiger partial charge is 0.480 e. The molecular formula is C17H18F2N2O5S. The summed E-state index contributed by atoms with van der Waals surface area (Å²) in [4.78, 5) is 14.0. The van der Waals surface area contributed by atoms with E-state index in [4.69, 9.17) is 9.84 Å². The number of anilines is 1. The van der Waals surface area contributed by atoms with Crippen molar-refractivity contribution in [2.75, 3.05) is 11.8 Å². The Bertz CT molecular complexity index is 1000. The number of aromatic nitrogens is 1. The summed E-state index contributed by atoms with van der Waals surface area (Å²) in [6.45, 7) is 5.65. The van der Waals surface area contributed by atoms with E-state index in [0.717, 1.165) is 0 Å². The predicted molar refractivity (Wildman–Crippen MR) is 93.6 cm³/mol. The number of hydrogen-bond donors (Lipinski definition) is 2. The Hall–Kier alpha value is -2.75. The lowest BCUT2D eigenvalue weighted by Crippen LogP contribution is -2.18. The standard InChI is InChI=1S/C17H18F2N2O5S/c1-17(2,3)9-5-13(15(26-4)20-8-9)21-27(24,25)14-6-10(16(22)23)11(18)7-12(14)19/h5-8,21H,1-4H3,(H,22,23). The number of methoxy groups -OCH3 is 1. The molecule has 0 saturated carbocycles. The number of benzene rings is 1. The van der Waals surface area contributed by atoms with Gasteiger partial charge in [-0.15, -0.1) is 0 Å². The number of pyridine rings is 1. The zero-order chi connectivity index (χ0) is 20.6. The van der Waals surface area contributed by atoms with Crippen LogP contribution in [-0.4, -0.2) is 31.6 Å². The maximum Gasteiger partial charge on any atom is 0.338 e. The van der Waals surface area contributed by atoms with Crippen molar-refractivity contribution in [3.63, 3.8) is 0 Å². The number of sulfonamides is 1. The molecule has 27 heavy (non-hydrogen) atoms. The molecule has 10 heteroatoms. The van der Waals surface area contributed by atoms with Crippen LogP contribution in [0.2, 0.25) is 0 Å². The third kappa shape index (κ3) is 4.33. The van der Waals surface area contributed by atoms with E-state index in [1.54, 1.807) is 0 Å². The van der Waals surface area contributed by atoms with Gasteiger partial charge in [-0.2, -0.15) is 0 Å². The molecule has 2 N–H and O–H groups in total. The molecule has 2 aromatic rings. The van der Waals surface area contributed by atoms with Gasteiger partial charge >= 0.3 is 5.97 Å². The second-order valence-electron chi connectivity index (χ2n) is 6.70. The van der Waals surface area contributed by atoms with E-state index in [1.165, 1.54) is 19.4 Å². The molecule has 1 aromatic heterocycles. The van der Waals surface area contributed by atoms with E-state index in [0.29, 0.717) is 11.6 Å². The number of ether oxygens (including phenoxy) is 1. The summed E-state index contributed by atoms with van der Waals surface area (Å²) in [6, 6.07) is 2.10. The van der Waals surface area contributed by atoms with Crippen LogP contribution >= 0.6 is 0 Å². The van der Waals surface area contributed by atoms with Gasteiger partial charge in [0.05, 0.1) is 12.7 Å². The molecule has 0 fully saturated rings. The zero-order valence-corrected chi connectivity index (χ0v) is 15.8. The molecule has 1 aromatic carbocycles. The monoisotopic (exact) mass is 400 g/mol. The molecule has 0 spiro atoms. The van der Waals surface area contributed by atoms with Gasteiger partial charge in [-0.25, -0.2) is 27.0 Å². The molecule has 0 aliphatic heterocycles. The van der Waals surface area contributed by atoms with Crippen molar-refractivity contribution in [1.29, 1.82) is 0 Å². The number of aromatic carboxylic acids is 1. The minimum Gasteiger partial charge on any atom is -0.480 e. The third-order valence-electron chi connectivity index (χ3n) is 3.70. The van der Waals surface area contributed by atoms with Gasteiger partial charge in [-0.3, -0.25) is 4.72 Å². The van der Waals surface area contributed by atoms with Gasteiger partial charge in [0.1, 0.15) is 22.2 Å². The van der Waals surface area contributed by atoms with Gasteiger partial charge in [0.25, 0.3) is 10.0 Å². The SMILES string of the molecule is COc1ncc(C(C)(C)C)cc1NS(=O)(=O)c1cc(C(=O)O)c(F)cc1F. The first-order valence-corrected chi connectivity index (χ1v) is 9.15. The molecule has 0 radical (unpaired) electrons. The fourth-order valence-electron chi connectivity index (χ4n) is 2.20. The Balaban J connectivity index is 2.57. The first kappa shape index (κ1) is 20.6. The van der Waals surface area contributed by atoms with E-state index >= 15 is 0 Å². The van der Waals surface area contributed by atoms with E-state index in [2.05, 4.69) is 9.71 Å². The van der Waals surface area contributed by atoms with Gasteiger partial charge in [-0.05, 0) is 23.1 Å². The summed E-state index contributed by atoms with van der Waals surface area (Å²) in [5, 5.41) is 8.94. The number of nitrogens with zero attached hydrogens (tertiary/aromatic N) is 1. The van der Waals surface area contributed by atoms with E-state index in [9.17, 15) is 22.0 Å². The van der Waals surface area contributed by atoms with Gasteiger partial charge in [0.2, 0.25) is 5.88 Å². The zero-order valence-electron chi connectivity index (χ0n) is 15.0. The van der Waals surface area contributed by atoms with Crippen molar-refractivity contribution < 1.29 is 31.8 Å². The smallest absolute Gasteiger partial charge is 0.338 e. The van der Waals surface area contributed by atoms with Crippen LogP contribution in [0.1, 0.15) is 36.7 Å². The number of rotatable bonds is 5. The molecule has 0 saturated heterocycles. The topological polar surface area (TPSA) is 106 Å². The van der Waals surface area contributed by atoms with Crippen LogP contribution in [0.4, 0.5) is 14.5 Å². The highest BCUT2D eigenvalue weighted by atomic mass is 32.2. The third-order valence-corrected chi connectivity index (χ3v) is 5.08. The Labute approximate surface area is 155 Å². The molecular weight excluding hydrogens is 382 g/mol. The quantitative estimate of drug-likeness (QED) is 0.799. The summed E-state index contributed by atoms with van der Waals surface area (Å²) in [5.41, 5.74) is -0.723. The second kappa shape index (κ2) is 7.10. The number of nitrogens with one attached hydrogen (secondary N) is 1. The molecule has 1 heterocycles. The van der Waals surface area contributed by atoms with Gasteiger partial charge in [-0.1, -0.05) is 20.8 Å². The number of carboxylic acids is 1. The lowest BCUT2D eigenvalue weighted by Gasteiger charge is -2.20. The lowest BCUT2D eigenvalue weighted by molar-refractivity contribution is 0.0691. The highest BCUT2D eigenvalue weighted by molar-refractivity contribution is 7.92. The molecule has 146 valence electrons. The van der Waals surface area contributed by atoms with Crippen LogP contribution in [0.15, 0.2) is 29.3 Å². The molecule has 0 bridgehead atoms. The fraction of sp³-hybridized carbons (Fsp3) is 0.294. The van der Waals surface area contributed by atoms with Crippen LogP contribution in [0.3, 0.4) is 0 Å². The number of carboxylic acid groups (broad SMARTS) is 1. The van der Waals surface area contributed by atoms with Crippen LogP contribution in [-0.2, 0) is 15.4 Å². The molecule has 2 rings (SSSR count). The Morgan fingerprint density at radius 2 is 1.81 bits per heavy atom. The summed E-state index contributed by atoms with van der Waals surface area (Å²) in [7, 11) is -3.31. The van der Waals surface area contributed by atoms with E-state index in [-0.39, 0.29) is 23.0 Å². The molecule has 7 nitrogen and oxygen atoms in total. The summed E-state index contributed by atoms with van der Waals surface area (Å²) < 4.78 is 59.9. The first-order chi connectivity index (χ1) is 12.4. The highest BCUT2D eigenvalue weighted by Gasteiger charge is 2.26. The minimum atomic E-state index is -4.59. The average Bonchev–Trinajstić information content (AvgIpc) is 2.52. The van der Waals surface area contributed by atoms with Crippen molar-refractivity contribution in [1.82, 2.24) is 4.98 Å². The van der Waals surface area contributed by atoms with Crippen molar-refractivity contribution in [2.45, 2.75) is 31.1 Å². The van der Waals surface area contributed by atoms with E-state index in [1.807, 2.05) is 20.8 Å². The van der Waals surface area contributed by atoms with Crippen LogP contribution in [0.5, 0.6) is 5.88 Å². The van der Waals surface area contributed by atoms with Crippen molar-refractivity contribution in [3.05, 3.63) is 47.2 Å².